The number of hydrogen-bond acceptors (Lipinski definition) is 5. The Morgan fingerprint density at radius 2 is 1.80 bits per heavy atom. The van der Waals surface area contributed by atoms with E-state index in [9.17, 15) is 9.59 Å². The van der Waals surface area contributed by atoms with E-state index in [-0.39, 0.29) is 5.91 Å². The van der Waals surface area contributed by atoms with E-state index in [4.69, 9.17) is 21.1 Å². The van der Waals surface area contributed by atoms with Crippen LogP contribution in [0, 0.1) is 0 Å². The summed E-state index contributed by atoms with van der Waals surface area (Å²) in [6, 6.07) is 20.2. The number of halogens is 1. The Kier molecular flexibility index (Phi) is 7.19. The quantitative estimate of drug-likeness (QED) is 0.258. The molecule has 0 aromatic heterocycles. The third kappa shape index (κ3) is 5.68. The van der Waals surface area contributed by atoms with Crippen LogP contribution in [0.4, 0.5) is 0 Å². The minimum Gasteiger partial charge on any atom is -0.493 e. The summed E-state index contributed by atoms with van der Waals surface area (Å²) in [5.74, 6) is 0.00638. The van der Waals surface area contributed by atoms with Crippen LogP contribution in [0.25, 0.3) is 0 Å². The van der Waals surface area contributed by atoms with Gasteiger partial charge in [-0.2, -0.15) is 5.10 Å². The minimum atomic E-state index is -0.501. The highest BCUT2D eigenvalue weighted by atomic mass is 35.5. The van der Waals surface area contributed by atoms with Gasteiger partial charge in [-0.1, -0.05) is 29.8 Å². The number of para-hydroxylation sites is 1. The van der Waals surface area contributed by atoms with Gasteiger partial charge in [0, 0.05) is 5.02 Å². The SMILES string of the molecule is CCOc1ccccc1C(=O)N/N=C\c1ccc(OC(=O)c2cccc(Cl)c2)cc1. The van der Waals surface area contributed by atoms with Crippen molar-refractivity contribution in [1.29, 1.82) is 0 Å². The van der Waals surface area contributed by atoms with Crippen molar-refractivity contribution in [2.24, 2.45) is 5.10 Å². The van der Waals surface area contributed by atoms with Gasteiger partial charge in [0.15, 0.2) is 0 Å². The molecule has 3 rings (SSSR count). The molecule has 0 heterocycles. The van der Waals surface area contributed by atoms with Gasteiger partial charge in [0.2, 0.25) is 0 Å². The maximum Gasteiger partial charge on any atom is 0.343 e. The molecule has 0 aliphatic carbocycles. The van der Waals surface area contributed by atoms with E-state index in [0.717, 1.165) is 5.56 Å². The summed E-state index contributed by atoms with van der Waals surface area (Å²) >= 11 is 5.89. The Morgan fingerprint density at radius 3 is 2.53 bits per heavy atom. The fourth-order valence-electron chi connectivity index (χ4n) is 2.56. The molecule has 0 aliphatic rings. The number of esters is 1. The summed E-state index contributed by atoms with van der Waals surface area (Å²) in [5.41, 5.74) is 3.96. The molecule has 0 unspecified atom stereocenters. The van der Waals surface area contributed by atoms with E-state index in [2.05, 4.69) is 10.5 Å². The molecule has 3 aromatic rings. The first-order chi connectivity index (χ1) is 14.6. The number of nitrogens with zero attached hydrogens (tertiary/aromatic N) is 1. The maximum atomic E-state index is 12.3. The molecule has 6 nitrogen and oxygen atoms in total. The summed E-state index contributed by atoms with van der Waals surface area (Å²) in [7, 11) is 0. The molecule has 0 saturated heterocycles. The predicted octanol–water partition coefficient (Wildman–Crippen LogP) is 4.72. The Bertz CT molecular complexity index is 1060. The number of ether oxygens (including phenoxy) is 2. The van der Waals surface area contributed by atoms with E-state index in [1.165, 1.54) is 12.3 Å². The lowest BCUT2D eigenvalue weighted by atomic mass is 10.2. The van der Waals surface area contributed by atoms with Gasteiger partial charge in [-0.25, -0.2) is 10.2 Å². The molecule has 0 spiro atoms. The summed E-state index contributed by atoms with van der Waals surface area (Å²) < 4.78 is 10.8. The molecular formula is C23H19ClN2O4. The summed E-state index contributed by atoms with van der Waals surface area (Å²) in [6.45, 7) is 2.31. The van der Waals surface area contributed by atoms with Crippen LogP contribution in [-0.2, 0) is 0 Å². The summed E-state index contributed by atoms with van der Waals surface area (Å²) in [4.78, 5) is 24.4. The van der Waals surface area contributed by atoms with Crippen molar-refractivity contribution < 1.29 is 19.1 Å². The zero-order valence-corrected chi connectivity index (χ0v) is 16.9. The molecule has 30 heavy (non-hydrogen) atoms. The van der Waals surface area contributed by atoms with E-state index >= 15 is 0 Å². The molecule has 0 atom stereocenters. The van der Waals surface area contributed by atoms with Crippen LogP contribution in [0.1, 0.15) is 33.2 Å². The maximum absolute atomic E-state index is 12.3. The van der Waals surface area contributed by atoms with Crippen molar-refractivity contribution in [2.75, 3.05) is 6.61 Å². The average Bonchev–Trinajstić information content (AvgIpc) is 2.75. The van der Waals surface area contributed by atoms with Gasteiger partial charge < -0.3 is 9.47 Å². The molecule has 1 N–H and O–H groups in total. The van der Waals surface area contributed by atoms with Gasteiger partial charge in [0.05, 0.1) is 23.9 Å². The smallest absolute Gasteiger partial charge is 0.343 e. The molecule has 3 aromatic carbocycles. The second-order valence-corrected chi connectivity index (χ2v) is 6.53. The lowest BCUT2D eigenvalue weighted by Crippen LogP contribution is -2.18. The molecule has 0 bridgehead atoms. The predicted molar refractivity (Wildman–Crippen MR) is 116 cm³/mol. The van der Waals surface area contributed by atoms with E-state index in [1.807, 2.05) is 6.92 Å². The summed E-state index contributed by atoms with van der Waals surface area (Å²) in [5, 5.41) is 4.42. The zero-order valence-electron chi connectivity index (χ0n) is 16.2. The van der Waals surface area contributed by atoms with Crippen LogP contribution >= 0.6 is 11.6 Å². The first-order valence-corrected chi connectivity index (χ1v) is 9.57. The molecule has 0 radical (unpaired) electrons. The highest BCUT2D eigenvalue weighted by molar-refractivity contribution is 6.30. The van der Waals surface area contributed by atoms with Crippen molar-refractivity contribution in [3.63, 3.8) is 0 Å². The van der Waals surface area contributed by atoms with Crippen molar-refractivity contribution in [3.8, 4) is 11.5 Å². The third-order valence-electron chi connectivity index (χ3n) is 3.96. The molecule has 0 fully saturated rings. The lowest BCUT2D eigenvalue weighted by molar-refractivity contribution is 0.0734. The second kappa shape index (κ2) is 10.2. The topological polar surface area (TPSA) is 77.0 Å². The van der Waals surface area contributed by atoms with E-state index in [0.29, 0.717) is 34.3 Å². The standard InChI is InChI=1S/C23H19ClN2O4/c1-2-29-21-9-4-3-8-20(21)22(27)26-25-15-16-10-12-19(13-11-16)30-23(28)17-6-5-7-18(24)14-17/h3-15H,2H2,1H3,(H,26,27)/b25-15-. The summed E-state index contributed by atoms with van der Waals surface area (Å²) in [6.07, 6.45) is 1.49. The average molecular weight is 423 g/mol. The van der Waals surface area contributed by atoms with Crippen molar-refractivity contribution >= 4 is 29.7 Å². The largest absolute Gasteiger partial charge is 0.493 e. The highest BCUT2D eigenvalue weighted by Gasteiger charge is 2.11. The number of carbonyl (C=O) groups excluding carboxylic acids is 2. The highest BCUT2D eigenvalue weighted by Crippen LogP contribution is 2.18. The first kappa shape index (κ1) is 21.1. The molecule has 0 saturated carbocycles. The van der Waals surface area contributed by atoms with Gasteiger partial charge in [-0.05, 0) is 67.1 Å². The molecule has 7 heteroatoms. The van der Waals surface area contributed by atoms with Gasteiger partial charge >= 0.3 is 5.97 Å². The van der Waals surface area contributed by atoms with Gasteiger partial charge in [0.1, 0.15) is 11.5 Å². The lowest BCUT2D eigenvalue weighted by Gasteiger charge is -2.08. The Morgan fingerprint density at radius 1 is 1.03 bits per heavy atom. The normalized spacial score (nSPS) is 10.6. The van der Waals surface area contributed by atoms with Gasteiger partial charge in [-0.15, -0.1) is 0 Å². The third-order valence-corrected chi connectivity index (χ3v) is 4.20. The van der Waals surface area contributed by atoms with Crippen molar-refractivity contribution in [2.45, 2.75) is 6.92 Å². The monoisotopic (exact) mass is 422 g/mol. The Hall–Kier alpha value is -3.64. The van der Waals surface area contributed by atoms with Crippen molar-refractivity contribution in [1.82, 2.24) is 5.43 Å². The number of hydrogen-bond donors (Lipinski definition) is 1. The van der Waals surface area contributed by atoms with Crippen LogP contribution in [0.2, 0.25) is 5.02 Å². The fourth-order valence-corrected chi connectivity index (χ4v) is 2.75. The van der Waals surface area contributed by atoms with Crippen LogP contribution in [0.15, 0.2) is 77.9 Å². The number of benzene rings is 3. The Balaban J connectivity index is 1.58. The van der Waals surface area contributed by atoms with Crippen molar-refractivity contribution in [3.05, 3.63) is 94.5 Å². The zero-order chi connectivity index (χ0) is 21.3. The van der Waals surface area contributed by atoms with Crippen LogP contribution in [-0.4, -0.2) is 24.7 Å². The van der Waals surface area contributed by atoms with E-state index in [1.54, 1.807) is 66.7 Å². The first-order valence-electron chi connectivity index (χ1n) is 9.20. The Labute approximate surface area is 179 Å². The number of hydrazone groups is 1. The van der Waals surface area contributed by atoms with Crippen LogP contribution in [0.5, 0.6) is 11.5 Å². The number of amides is 1. The number of carbonyl (C=O) groups is 2. The molecule has 0 aliphatic heterocycles. The molecular weight excluding hydrogens is 404 g/mol. The van der Waals surface area contributed by atoms with Crippen LogP contribution in [0.3, 0.4) is 0 Å². The van der Waals surface area contributed by atoms with Gasteiger partial charge in [-0.3, -0.25) is 4.79 Å². The van der Waals surface area contributed by atoms with Gasteiger partial charge in [0.25, 0.3) is 5.91 Å². The minimum absolute atomic E-state index is 0.364. The second-order valence-electron chi connectivity index (χ2n) is 6.10. The molecule has 1 amide bonds. The fraction of sp³-hybridized carbons (Fsp3) is 0.0870. The van der Waals surface area contributed by atoms with Crippen LogP contribution < -0.4 is 14.9 Å². The number of rotatable bonds is 7. The van der Waals surface area contributed by atoms with E-state index < -0.39 is 5.97 Å². The molecule has 152 valence electrons. The number of nitrogens with one attached hydrogen (secondary N) is 1.